The fraction of sp³-hybridized carbons (Fsp3) is 0.333. The van der Waals surface area contributed by atoms with Crippen LogP contribution in [-0.2, 0) is 0 Å². The molecular weight excluding hydrogens is 408 g/mol. The van der Waals surface area contributed by atoms with E-state index in [4.69, 9.17) is 0 Å². The molecule has 30 heavy (non-hydrogen) atoms. The third-order valence-electron chi connectivity index (χ3n) is 4.82. The highest BCUT2D eigenvalue weighted by Crippen LogP contribution is 2.39. The number of nitrogens with zero attached hydrogens (tertiary/aromatic N) is 4. The average Bonchev–Trinajstić information content (AvgIpc) is 3.11. The number of rotatable bonds is 3. The van der Waals surface area contributed by atoms with Crippen LogP contribution in [0.25, 0.3) is 0 Å². The van der Waals surface area contributed by atoms with Crippen LogP contribution in [0.3, 0.4) is 0 Å². The number of carbonyl (C=O) groups excluding carboxylic acids is 2. The van der Waals surface area contributed by atoms with Gasteiger partial charge in [-0.15, -0.1) is 0 Å². The van der Waals surface area contributed by atoms with E-state index in [2.05, 4.69) is 15.3 Å². The highest BCUT2D eigenvalue weighted by atomic mass is 19.4. The van der Waals surface area contributed by atoms with E-state index in [9.17, 15) is 27.2 Å². The molecule has 1 saturated heterocycles. The molecule has 1 atom stereocenters. The summed E-state index contributed by atoms with van der Waals surface area (Å²) in [4.78, 5) is 36.3. The van der Waals surface area contributed by atoms with Crippen LogP contribution in [0.1, 0.15) is 16.9 Å². The molecule has 158 valence electrons. The number of halogens is 4. The second-order valence-electron chi connectivity index (χ2n) is 6.89. The van der Waals surface area contributed by atoms with Gasteiger partial charge in [-0.3, -0.25) is 15.0 Å². The summed E-state index contributed by atoms with van der Waals surface area (Å²) < 4.78 is 50.2. The lowest BCUT2D eigenvalue weighted by molar-refractivity contribution is -0.123. The fourth-order valence-electron chi connectivity index (χ4n) is 3.49. The van der Waals surface area contributed by atoms with E-state index in [1.807, 2.05) is 4.90 Å². The molecule has 8 nitrogen and oxygen atoms in total. The van der Waals surface area contributed by atoms with Crippen LogP contribution in [0.15, 0.2) is 30.5 Å². The molecule has 0 radical (unpaired) electrons. The number of fused-ring (bicyclic) bond motifs is 4. The van der Waals surface area contributed by atoms with E-state index in [1.54, 1.807) is 11.4 Å². The van der Waals surface area contributed by atoms with E-state index in [1.165, 1.54) is 17.0 Å². The second kappa shape index (κ2) is 7.43. The van der Waals surface area contributed by atoms with Crippen molar-refractivity contribution in [3.8, 4) is 0 Å². The van der Waals surface area contributed by atoms with Gasteiger partial charge in [0.25, 0.3) is 5.91 Å². The summed E-state index contributed by atoms with van der Waals surface area (Å²) in [7, 11) is 0. The summed E-state index contributed by atoms with van der Waals surface area (Å²) in [5, 5.41) is 4.33. The van der Waals surface area contributed by atoms with Crippen LogP contribution in [0.2, 0.25) is 0 Å². The van der Waals surface area contributed by atoms with Gasteiger partial charge < -0.3 is 10.2 Å². The van der Waals surface area contributed by atoms with Crippen LogP contribution < -0.4 is 20.4 Å². The zero-order valence-electron chi connectivity index (χ0n) is 15.4. The van der Waals surface area contributed by atoms with E-state index in [0.29, 0.717) is 25.2 Å². The lowest BCUT2D eigenvalue weighted by Gasteiger charge is -2.35. The molecule has 4 heterocycles. The smallest absolute Gasteiger partial charge is 0.366 e. The quantitative estimate of drug-likeness (QED) is 0.740. The number of pyridine rings is 2. The molecule has 2 aromatic rings. The van der Waals surface area contributed by atoms with Gasteiger partial charge in [-0.1, -0.05) is 0 Å². The van der Waals surface area contributed by atoms with Crippen LogP contribution in [0.4, 0.5) is 39.7 Å². The second-order valence-corrected chi connectivity index (χ2v) is 6.89. The monoisotopic (exact) mass is 424 g/mol. The molecule has 0 spiro atoms. The molecule has 0 saturated carbocycles. The molecular formula is C18H16F4N6O2. The minimum Gasteiger partial charge on any atom is -0.366 e. The molecule has 3 amide bonds. The molecule has 2 N–H and O–H groups in total. The van der Waals surface area contributed by atoms with Crippen molar-refractivity contribution >= 4 is 29.3 Å². The highest BCUT2D eigenvalue weighted by Gasteiger charge is 2.40. The van der Waals surface area contributed by atoms with Crippen LogP contribution in [0.5, 0.6) is 0 Å². The lowest BCUT2D eigenvalue weighted by atomic mass is 10.1. The first-order valence-corrected chi connectivity index (χ1v) is 9.04. The van der Waals surface area contributed by atoms with Gasteiger partial charge in [0.15, 0.2) is 5.82 Å². The van der Waals surface area contributed by atoms with Crippen molar-refractivity contribution in [2.75, 3.05) is 34.8 Å². The molecule has 12 heteroatoms. The fourth-order valence-corrected chi connectivity index (χ4v) is 3.49. The Bertz CT molecular complexity index is 982. The van der Waals surface area contributed by atoms with E-state index in [-0.39, 0.29) is 23.4 Å². The number of hydrogen-bond donors (Lipinski definition) is 2. The normalized spacial score (nSPS) is 17.5. The molecule has 0 aromatic carbocycles. The van der Waals surface area contributed by atoms with Crippen molar-refractivity contribution in [2.24, 2.45) is 0 Å². The maximum absolute atomic E-state index is 13.0. The largest absolute Gasteiger partial charge is 0.405 e. The SMILES string of the molecule is O=C(NCC(F)(F)F)c1ccc2c(n1)N(C(=O)Nc1ccc(F)cn1)C1CCN2C1. The maximum atomic E-state index is 13.0. The van der Waals surface area contributed by atoms with Gasteiger partial charge in [0.2, 0.25) is 0 Å². The minimum atomic E-state index is -4.55. The van der Waals surface area contributed by atoms with Gasteiger partial charge in [0.1, 0.15) is 23.9 Å². The van der Waals surface area contributed by atoms with Crippen molar-refractivity contribution in [2.45, 2.75) is 18.6 Å². The number of hydrogen-bond acceptors (Lipinski definition) is 5. The highest BCUT2D eigenvalue weighted by molar-refractivity contribution is 6.05. The van der Waals surface area contributed by atoms with E-state index < -0.39 is 30.5 Å². The van der Waals surface area contributed by atoms with E-state index >= 15 is 0 Å². The Hall–Kier alpha value is -3.44. The third kappa shape index (κ3) is 3.98. The maximum Gasteiger partial charge on any atom is 0.405 e. The van der Waals surface area contributed by atoms with Crippen LogP contribution in [0, 0.1) is 5.82 Å². The summed E-state index contributed by atoms with van der Waals surface area (Å²) in [5.74, 6) is -1.26. The number of nitrogens with one attached hydrogen (secondary N) is 2. The zero-order valence-corrected chi connectivity index (χ0v) is 15.4. The van der Waals surface area contributed by atoms with Crippen molar-refractivity contribution in [1.82, 2.24) is 15.3 Å². The van der Waals surface area contributed by atoms with Gasteiger partial charge in [-0.2, -0.15) is 13.2 Å². The van der Waals surface area contributed by atoms with Crippen LogP contribution >= 0.6 is 0 Å². The average molecular weight is 424 g/mol. The van der Waals surface area contributed by atoms with Crippen molar-refractivity contribution in [3.63, 3.8) is 0 Å². The first-order chi connectivity index (χ1) is 14.2. The molecule has 1 unspecified atom stereocenters. The summed E-state index contributed by atoms with van der Waals surface area (Å²) >= 11 is 0. The summed E-state index contributed by atoms with van der Waals surface area (Å²) in [6.07, 6.45) is -2.95. The topological polar surface area (TPSA) is 90.5 Å². The predicted molar refractivity (Wildman–Crippen MR) is 98.9 cm³/mol. The number of carbonyl (C=O) groups is 2. The standard InChI is InChI=1S/C18H16F4N6O2/c19-10-1-4-14(23-7-10)26-17(30)28-11-5-6-27(8-11)13-3-2-12(25-15(13)28)16(29)24-9-18(20,21)22/h1-4,7,11H,5-6,8-9H2,(H,24,29)(H,23,26,30). The Morgan fingerprint density at radius 2 is 2.00 bits per heavy atom. The van der Waals surface area contributed by atoms with Gasteiger partial charge >= 0.3 is 12.2 Å². The Kier molecular flexibility index (Phi) is 4.92. The summed E-state index contributed by atoms with van der Waals surface area (Å²) in [6.45, 7) is -0.268. The molecule has 2 aliphatic heterocycles. The summed E-state index contributed by atoms with van der Waals surface area (Å²) in [5.41, 5.74) is 0.358. The van der Waals surface area contributed by atoms with Gasteiger partial charge in [-0.05, 0) is 30.7 Å². The Morgan fingerprint density at radius 3 is 2.70 bits per heavy atom. The Morgan fingerprint density at radius 1 is 1.20 bits per heavy atom. The Labute approximate surface area is 167 Å². The predicted octanol–water partition coefficient (Wildman–Crippen LogP) is 2.54. The number of alkyl halides is 3. The molecule has 1 fully saturated rings. The minimum absolute atomic E-state index is 0.127. The number of urea groups is 1. The van der Waals surface area contributed by atoms with E-state index in [0.717, 1.165) is 12.3 Å². The summed E-state index contributed by atoms with van der Waals surface area (Å²) in [6, 6.07) is 4.50. The first-order valence-electron chi connectivity index (χ1n) is 9.04. The van der Waals surface area contributed by atoms with Crippen molar-refractivity contribution in [3.05, 3.63) is 42.0 Å². The molecule has 2 aliphatic rings. The number of aromatic nitrogens is 2. The molecule has 4 rings (SSSR count). The van der Waals surface area contributed by atoms with Crippen LogP contribution in [-0.4, -0.2) is 53.8 Å². The molecule has 2 aromatic heterocycles. The Balaban J connectivity index is 1.61. The van der Waals surface area contributed by atoms with Gasteiger partial charge in [-0.25, -0.2) is 19.2 Å². The van der Waals surface area contributed by atoms with Gasteiger partial charge in [0.05, 0.1) is 17.9 Å². The molecule has 0 aliphatic carbocycles. The number of amides is 3. The first kappa shape index (κ1) is 19.9. The van der Waals surface area contributed by atoms with Gasteiger partial charge in [0, 0.05) is 13.1 Å². The lowest BCUT2D eigenvalue weighted by Crippen LogP contribution is -2.48. The number of anilines is 3. The van der Waals surface area contributed by atoms with Crippen molar-refractivity contribution < 1.29 is 27.2 Å². The van der Waals surface area contributed by atoms with Crippen molar-refractivity contribution in [1.29, 1.82) is 0 Å². The third-order valence-corrected chi connectivity index (χ3v) is 4.82. The zero-order chi connectivity index (χ0) is 21.5. The molecule has 2 bridgehead atoms.